The largest absolute Gasteiger partial charge is 0.454 e. The minimum atomic E-state index is 0.275. The maximum Gasteiger partial charge on any atom is 0.231 e. The smallest absolute Gasteiger partial charge is 0.231 e. The summed E-state index contributed by atoms with van der Waals surface area (Å²) in [6, 6.07) is 24.5. The van der Waals surface area contributed by atoms with Crippen LogP contribution in [-0.2, 0) is 26.2 Å². The number of rotatable bonds is 7. The zero-order chi connectivity index (χ0) is 20.1. The molecular weight excluding hydrogens is 362 g/mol. The third-order valence-electron chi connectivity index (χ3n) is 4.97. The van der Waals surface area contributed by atoms with Crippen molar-refractivity contribution in [1.29, 1.82) is 5.26 Å². The Hall–Kier alpha value is -3.33. The SMILES string of the molecule is N#Cc1cccc(CN(Cc2ccc(CN)cc2)Cc2ccc3c(c2)OCO3)c1. The maximum atomic E-state index is 9.21. The van der Waals surface area contributed by atoms with Crippen molar-refractivity contribution >= 4 is 0 Å². The minimum Gasteiger partial charge on any atom is -0.454 e. The number of hydrogen-bond acceptors (Lipinski definition) is 5. The lowest BCUT2D eigenvalue weighted by molar-refractivity contribution is 0.174. The van der Waals surface area contributed by atoms with E-state index in [2.05, 4.69) is 47.4 Å². The first-order valence-electron chi connectivity index (χ1n) is 9.61. The van der Waals surface area contributed by atoms with Gasteiger partial charge in [-0.15, -0.1) is 0 Å². The lowest BCUT2D eigenvalue weighted by Gasteiger charge is -2.23. The van der Waals surface area contributed by atoms with Crippen molar-refractivity contribution in [2.45, 2.75) is 26.2 Å². The molecule has 0 saturated heterocycles. The van der Waals surface area contributed by atoms with Crippen LogP contribution in [0, 0.1) is 11.3 Å². The molecule has 0 fully saturated rings. The van der Waals surface area contributed by atoms with E-state index in [9.17, 15) is 5.26 Å². The summed E-state index contributed by atoms with van der Waals surface area (Å²) in [7, 11) is 0. The normalized spacial score (nSPS) is 12.2. The Kier molecular flexibility index (Phi) is 5.76. The second kappa shape index (κ2) is 8.78. The van der Waals surface area contributed by atoms with E-state index in [0.717, 1.165) is 47.8 Å². The molecule has 0 spiro atoms. The third kappa shape index (κ3) is 4.75. The monoisotopic (exact) mass is 385 g/mol. The fraction of sp³-hybridized carbons (Fsp3) is 0.208. The van der Waals surface area contributed by atoms with E-state index in [-0.39, 0.29) is 6.79 Å². The molecule has 0 unspecified atom stereocenters. The van der Waals surface area contributed by atoms with Crippen molar-refractivity contribution in [3.63, 3.8) is 0 Å². The van der Waals surface area contributed by atoms with E-state index in [0.29, 0.717) is 12.1 Å². The topological polar surface area (TPSA) is 71.5 Å². The van der Waals surface area contributed by atoms with E-state index in [1.165, 1.54) is 5.56 Å². The van der Waals surface area contributed by atoms with Crippen LogP contribution < -0.4 is 15.2 Å². The summed E-state index contributed by atoms with van der Waals surface area (Å²) in [4.78, 5) is 2.35. The van der Waals surface area contributed by atoms with Crippen LogP contribution in [0.3, 0.4) is 0 Å². The molecular formula is C24H23N3O2. The molecule has 0 aliphatic carbocycles. The van der Waals surface area contributed by atoms with Gasteiger partial charge < -0.3 is 15.2 Å². The summed E-state index contributed by atoms with van der Waals surface area (Å²) in [5.74, 6) is 1.58. The highest BCUT2D eigenvalue weighted by atomic mass is 16.7. The van der Waals surface area contributed by atoms with Crippen molar-refractivity contribution in [3.8, 4) is 17.6 Å². The summed E-state index contributed by atoms with van der Waals surface area (Å²) < 4.78 is 10.9. The number of nitriles is 1. The Morgan fingerprint density at radius 2 is 1.45 bits per heavy atom. The second-order valence-corrected chi connectivity index (χ2v) is 7.17. The van der Waals surface area contributed by atoms with Crippen LogP contribution in [0.2, 0.25) is 0 Å². The van der Waals surface area contributed by atoms with Gasteiger partial charge in [0, 0.05) is 26.2 Å². The molecule has 1 aliphatic rings. The highest BCUT2D eigenvalue weighted by molar-refractivity contribution is 5.44. The van der Waals surface area contributed by atoms with Crippen LogP contribution in [0.25, 0.3) is 0 Å². The molecule has 5 heteroatoms. The predicted octanol–water partition coefficient (Wildman–Crippen LogP) is 3.95. The predicted molar refractivity (Wildman–Crippen MR) is 111 cm³/mol. The molecule has 0 saturated carbocycles. The molecule has 4 rings (SSSR count). The molecule has 0 aromatic heterocycles. The molecule has 0 atom stereocenters. The van der Waals surface area contributed by atoms with Gasteiger partial charge in [-0.05, 0) is 46.5 Å². The molecule has 29 heavy (non-hydrogen) atoms. The van der Waals surface area contributed by atoms with Crippen molar-refractivity contribution in [1.82, 2.24) is 4.90 Å². The van der Waals surface area contributed by atoms with Crippen molar-refractivity contribution in [2.24, 2.45) is 5.73 Å². The van der Waals surface area contributed by atoms with Gasteiger partial charge in [0.25, 0.3) is 0 Å². The van der Waals surface area contributed by atoms with E-state index >= 15 is 0 Å². The molecule has 3 aromatic rings. The lowest BCUT2D eigenvalue weighted by Crippen LogP contribution is -2.22. The molecule has 0 amide bonds. The standard InChI is InChI=1S/C24H23N3O2/c25-12-18-4-6-19(7-5-18)14-27(15-21-3-1-2-20(10-21)13-26)16-22-8-9-23-24(11-22)29-17-28-23/h1-11H,12,14-17,25H2. The summed E-state index contributed by atoms with van der Waals surface area (Å²) in [6.45, 7) is 3.10. The zero-order valence-corrected chi connectivity index (χ0v) is 16.2. The van der Waals surface area contributed by atoms with Crippen LogP contribution in [0.1, 0.15) is 27.8 Å². The van der Waals surface area contributed by atoms with E-state index in [1.807, 2.05) is 30.3 Å². The van der Waals surface area contributed by atoms with Crippen LogP contribution in [0.5, 0.6) is 11.5 Å². The van der Waals surface area contributed by atoms with E-state index in [4.69, 9.17) is 15.2 Å². The first-order valence-corrected chi connectivity index (χ1v) is 9.61. The molecule has 0 radical (unpaired) electrons. The Morgan fingerprint density at radius 1 is 0.793 bits per heavy atom. The Balaban J connectivity index is 1.56. The fourth-order valence-electron chi connectivity index (χ4n) is 3.50. The molecule has 146 valence electrons. The van der Waals surface area contributed by atoms with Gasteiger partial charge in [0.05, 0.1) is 11.6 Å². The molecule has 1 heterocycles. The summed E-state index contributed by atoms with van der Waals surface area (Å²) >= 11 is 0. The molecule has 0 bridgehead atoms. The highest BCUT2D eigenvalue weighted by Crippen LogP contribution is 2.33. The Bertz CT molecular complexity index is 1030. The first-order chi connectivity index (χ1) is 14.2. The van der Waals surface area contributed by atoms with E-state index in [1.54, 1.807) is 0 Å². The van der Waals surface area contributed by atoms with E-state index < -0.39 is 0 Å². The third-order valence-corrected chi connectivity index (χ3v) is 4.97. The molecule has 2 N–H and O–H groups in total. The van der Waals surface area contributed by atoms with Crippen LogP contribution >= 0.6 is 0 Å². The van der Waals surface area contributed by atoms with Gasteiger partial charge in [-0.3, -0.25) is 4.90 Å². The van der Waals surface area contributed by atoms with Crippen molar-refractivity contribution < 1.29 is 9.47 Å². The van der Waals surface area contributed by atoms with Crippen molar-refractivity contribution in [3.05, 3.63) is 94.5 Å². The van der Waals surface area contributed by atoms with Crippen LogP contribution in [-0.4, -0.2) is 11.7 Å². The molecule has 5 nitrogen and oxygen atoms in total. The van der Waals surface area contributed by atoms with Gasteiger partial charge in [-0.1, -0.05) is 42.5 Å². The minimum absolute atomic E-state index is 0.275. The van der Waals surface area contributed by atoms with Gasteiger partial charge in [0.1, 0.15) is 0 Å². The average molecular weight is 385 g/mol. The Morgan fingerprint density at radius 3 is 2.21 bits per heavy atom. The van der Waals surface area contributed by atoms with Gasteiger partial charge in [-0.2, -0.15) is 5.26 Å². The Labute approximate surface area is 170 Å². The zero-order valence-electron chi connectivity index (χ0n) is 16.2. The van der Waals surface area contributed by atoms with Gasteiger partial charge in [0.15, 0.2) is 11.5 Å². The number of nitrogens with two attached hydrogens (primary N) is 1. The van der Waals surface area contributed by atoms with Crippen LogP contribution in [0.4, 0.5) is 0 Å². The number of ether oxygens (including phenoxy) is 2. The lowest BCUT2D eigenvalue weighted by atomic mass is 10.1. The van der Waals surface area contributed by atoms with Crippen LogP contribution in [0.15, 0.2) is 66.7 Å². The number of nitrogens with zero attached hydrogens (tertiary/aromatic N) is 2. The fourth-order valence-corrected chi connectivity index (χ4v) is 3.50. The van der Waals surface area contributed by atoms with Gasteiger partial charge >= 0.3 is 0 Å². The summed E-state index contributed by atoms with van der Waals surface area (Å²) in [6.07, 6.45) is 0. The second-order valence-electron chi connectivity index (χ2n) is 7.17. The summed E-state index contributed by atoms with van der Waals surface area (Å²) in [5, 5.41) is 9.21. The average Bonchev–Trinajstić information content (AvgIpc) is 3.22. The number of benzene rings is 3. The van der Waals surface area contributed by atoms with Crippen molar-refractivity contribution in [2.75, 3.05) is 6.79 Å². The summed E-state index contributed by atoms with van der Waals surface area (Å²) in [5.41, 5.74) is 11.0. The van der Waals surface area contributed by atoms with Gasteiger partial charge in [0.2, 0.25) is 6.79 Å². The van der Waals surface area contributed by atoms with Gasteiger partial charge in [-0.25, -0.2) is 0 Å². The molecule has 1 aliphatic heterocycles. The highest BCUT2D eigenvalue weighted by Gasteiger charge is 2.15. The first kappa shape index (κ1) is 19.0. The quantitative estimate of drug-likeness (QED) is 0.667. The molecule has 3 aromatic carbocycles. The number of fused-ring (bicyclic) bond motifs is 1. The number of hydrogen-bond donors (Lipinski definition) is 1. The maximum absolute atomic E-state index is 9.21.